The standard InChI is InChI=1S/C12H12BrFN4O/c1-7(11-17-15-6-18(11)2)16-12(19)10-8(13)4-3-5-9(10)14/h3-7H,1-2H3,(H,16,19). The van der Waals surface area contributed by atoms with Crippen LogP contribution in [0.4, 0.5) is 4.39 Å². The SMILES string of the molecule is CC(NC(=O)c1c(F)cccc1Br)c1nncn1C. The molecule has 100 valence electrons. The first-order chi connectivity index (χ1) is 9.00. The van der Waals surface area contributed by atoms with Crippen LogP contribution in [0.2, 0.25) is 0 Å². The molecule has 0 fully saturated rings. The fraction of sp³-hybridized carbons (Fsp3) is 0.250. The molecule has 1 atom stereocenters. The fourth-order valence-corrected chi connectivity index (χ4v) is 2.25. The van der Waals surface area contributed by atoms with Gasteiger partial charge in [0.05, 0.1) is 11.6 Å². The summed E-state index contributed by atoms with van der Waals surface area (Å²) in [6, 6.07) is 4.02. The van der Waals surface area contributed by atoms with Gasteiger partial charge in [-0.2, -0.15) is 0 Å². The number of aryl methyl sites for hydroxylation is 1. The summed E-state index contributed by atoms with van der Waals surface area (Å²) in [5.74, 6) is -0.474. The maximum absolute atomic E-state index is 13.6. The highest BCUT2D eigenvalue weighted by Gasteiger charge is 2.19. The Hall–Kier alpha value is -1.76. The predicted octanol–water partition coefficient (Wildman–Crippen LogP) is 2.21. The lowest BCUT2D eigenvalue weighted by Crippen LogP contribution is -2.29. The van der Waals surface area contributed by atoms with Gasteiger partial charge in [0.15, 0.2) is 5.82 Å². The topological polar surface area (TPSA) is 59.8 Å². The number of benzene rings is 1. The van der Waals surface area contributed by atoms with Crippen molar-refractivity contribution in [2.24, 2.45) is 7.05 Å². The van der Waals surface area contributed by atoms with Crippen LogP contribution in [0.3, 0.4) is 0 Å². The van der Waals surface area contributed by atoms with Crippen molar-refractivity contribution in [1.29, 1.82) is 0 Å². The summed E-state index contributed by atoms with van der Waals surface area (Å²) >= 11 is 3.17. The highest BCUT2D eigenvalue weighted by Crippen LogP contribution is 2.20. The maximum Gasteiger partial charge on any atom is 0.255 e. The molecule has 0 saturated heterocycles. The van der Waals surface area contributed by atoms with E-state index in [9.17, 15) is 9.18 Å². The Morgan fingerprint density at radius 2 is 2.26 bits per heavy atom. The molecule has 0 saturated carbocycles. The zero-order valence-corrected chi connectivity index (χ0v) is 12.0. The van der Waals surface area contributed by atoms with Gasteiger partial charge in [0, 0.05) is 11.5 Å². The number of nitrogens with zero attached hydrogens (tertiary/aromatic N) is 3. The smallest absolute Gasteiger partial charge is 0.255 e. The van der Waals surface area contributed by atoms with Crippen molar-refractivity contribution in [3.63, 3.8) is 0 Å². The van der Waals surface area contributed by atoms with Gasteiger partial charge in [-0.05, 0) is 35.0 Å². The van der Waals surface area contributed by atoms with Crippen LogP contribution >= 0.6 is 15.9 Å². The van der Waals surface area contributed by atoms with E-state index in [1.54, 1.807) is 24.6 Å². The summed E-state index contributed by atoms with van der Waals surface area (Å²) in [4.78, 5) is 12.1. The van der Waals surface area contributed by atoms with E-state index in [1.807, 2.05) is 0 Å². The minimum atomic E-state index is -0.572. The average molecular weight is 327 g/mol. The van der Waals surface area contributed by atoms with E-state index in [1.165, 1.54) is 18.5 Å². The first-order valence-electron chi connectivity index (χ1n) is 5.59. The van der Waals surface area contributed by atoms with Gasteiger partial charge in [-0.15, -0.1) is 10.2 Å². The van der Waals surface area contributed by atoms with Crippen LogP contribution < -0.4 is 5.32 Å². The van der Waals surface area contributed by atoms with E-state index in [2.05, 4.69) is 31.4 Å². The van der Waals surface area contributed by atoms with Gasteiger partial charge in [0.1, 0.15) is 12.1 Å². The fourth-order valence-electron chi connectivity index (χ4n) is 1.73. The van der Waals surface area contributed by atoms with Crippen molar-refractivity contribution in [3.8, 4) is 0 Å². The van der Waals surface area contributed by atoms with E-state index >= 15 is 0 Å². The van der Waals surface area contributed by atoms with E-state index in [0.29, 0.717) is 10.3 Å². The Kier molecular flexibility index (Phi) is 3.94. The van der Waals surface area contributed by atoms with Crippen molar-refractivity contribution in [2.45, 2.75) is 13.0 Å². The summed E-state index contributed by atoms with van der Waals surface area (Å²) in [5, 5.41) is 10.3. The average Bonchev–Trinajstić information content (AvgIpc) is 2.75. The third kappa shape index (κ3) is 2.81. The second-order valence-corrected chi connectivity index (χ2v) is 4.95. The van der Waals surface area contributed by atoms with Gasteiger partial charge >= 0.3 is 0 Å². The van der Waals surface area contributed by atoms with Gasteiger partial charge in [-0.3, -0.25) is 4.79 Å². The molecule has 0 spiro atoms. The summed E-state index contributed by atoms with van der Waals surface area (Å²) < 4.78 is 15.8. The van der Waals surface area contributed by atoms with Crippen LogP contribution in [0.1, 0.15) is 29.1 Å². The molecule has 0 aliphatic carbocycles. The lowest BCUT2D eigenvalue weighted by molar-refractivity contribution is 0.0933. The summed E-state index contributed by atoms with van der Waals surface area (Å²) in [5.41, 5.74) is -0.0171. The van der Waals surface area contributed by atoms with Gasteiger partial charge in [0.25, 0.3) is 5.91 Å². The minimum Gasteiger partial charge on any atom is -0.342 e. The number of amides is 1. The number of halogens is 2. The van der Waals surface area contributed by atoms with Crippen LogP contribution in [0.15, 0.2) is 29.0 Å². The summed E-state index contributed by atoms with van der Waals surface area (Å²) in [7, 11) is 1.77. The zero-order valence-electron chi connectivity index (χ0n) is 10.4. The third-order valence-electron chi connectivity index (χ3n) is 2.67. The molecule has 5 nitrogen and oxygen atoms in total. The molecule has 1 amide bonds. The van der Waals surface area contributed by atoms with E-state index in [0.717, 1.165) is 0 Å². The molecule has 0 bridgehead atoms. The van der Waals surface area contributed by atoms with Gasteiger partial charge in [-0.1, -0.05) is 6.07 Å². The molecule has 0 aliphatic rings. The number of hydrogen-bond donors (Lipinski definition) is 1. The van der Waals surface area contributed by atoms with E-state index < -0.39 is 11.7 Å². The minimum absolute atomic E-state index is 0.0171. The second kappa shape index (κ2) is 5.48. The van der Waals surface area contributed by atoms with E-state index in [4.69, 9.17) is 0 Å². The molecular formula is C12H12BrFN4O. The van der Waals surface area contributed by atoms with Gasteiger partial charge in [-0.25, -0.2) is 4.39 Å². The molecule has 0 aliphatic heterocycles. The van der Waals surface area contributed by atoms with Crippen molar-refractivity contribution in [3.05, 3.63) is 46.2 Å². The molecule has 1 aromatic heterocycles. The van der Waals surface area contributed by atoms with Crippen LogP contribution in [0.5, 0.6) is 0 Å². The van der Waals surface area contributed by atoms with E-state index in [-0.39, 0.29) is 11.6 Å². The Bertz CT molecular complexity index is 593. The first-order valence-corrected chi connectivity index (χ1v) is 6.38. The molecule has 1 aromatic carbocycles. The quantitative estimate of drug-likeness (QED) is 0.940. The number of rotatable bonds is 3. The molecule has 1 N–H and O–H groups in total. The Morgan fingerprint density at radius 1 is 1.53 bits per heavy atom. The molecule has 0 radical (unpaired) electrons. The Morgan fingerprint density at radius 3 is 2.84 bits per heavy atom. The highest BCUT2D eigenvalue weighted by molar-refractivity contribution is 9.10. The zero-order chi connectivity index (χ0) is 14.0. The Labute approximate surface area is 118 Å². The largest absolute Gasteiger partial charge is 0.342 e. The van der Waals surface area contributed by atoms with Crippen molar-refractivity contribution in [1.82, 2.24) is 20.1 Å². The van der Waals surface area contributed by atoms with Crippen molar-refractivity contribution >= 4 is 21.8 Å². The Balaban J connectivity index is 2.20. The highest BCUT2D eigenvalue weighted by atomic mass is 79.9. The van der Waals surface area contributed by atoms with Gasteiger partial charge < -0.3 is 9.88 Å². The predicted molar refractivity (Wildman–Crippen MR) is 71.0 cm³/mol. The summed E-state index contributed by atoms with van der Waals surface area (Å²) in [6.07, 6.45) is 1.54. The second-order valence-electron chi connectivity index (χ2n) is 4.09. The van der Waals surface area contributed by atoms with Crippen LogP contribution in [-0.4, -0.2) is 20.7 Å². The molecule has 1 unspecified atom stereocenters. The molecule has 2 rings (SSSR count). The monoisotopic (exact) mass is 326 g/mol. The molecular weight excluding hydrogens is 315 g/mol. The molecule has 19 heavy (non-hydrogen) atoms. The maximum atomic E-state index is 13.6. The number of nitrogens with one attached hydrogen (secondary N) is 1. The number of hydrogen-bond acceptors (Lipinski definition) is 3. The van der Waals surface area contributed by atoms with Gasteiger partial charge in [0.2, 0.25) is 0 Å². The number of aromatic nitrogens is 3. The normalized spacial score (nSPS) is 12.2. The molecule has 2 aromatic rings. The third-order valence-corrected chi connectivity index (χ3v) is 3.33. The molecule has 1 heterocycles. The summed E-state index contributed by atoms with van der Waals surface area (Å²) in [6.45, 7) is 1.76. The van der Waals surface area contributed by atoms with Crippen LogP contribution in [0, 0.1) is 5.82 Å². The van der Waals surface area contributed by atoms with Crippen LogP contribution in [0.25, 0.3) is 0 Å². The van der Waals surface area contributed by atoms with Crippen molar-refractivity contribution < 1.29 is 9.18 Å². The lowest BCUT2D eigenvalue weighted by Gasteiger charge is -2.14. The van der Waals surface area contributed by atoms with Crippen molar-refractivity contribution in [2.75, 3.05) is 0 Å². The molecule has 7 heteroatoms. The van der Waals surface area contributed by atoms with Crippen LogP contribution in [-0.2, 0) is 7.05 Å². The number of carbonyl (C=O) groups excluding carboxylic acids is 1. The number of carbonyl (C=O) groups is 1. The first kappa shape index (κ1) is 13.7. The lowest BCUT2D eigenvalue weighted by atomic mass is 10.2.